The summed E-state index contributed by atoms with van der Waals surface area (Å²) in [4.78, 5) is 8.99. The van der Waals surface area contributed by atoms with Gasteiger partial charge in [-0.2, -0.15) is 0 Å². The second-order valence-corrected chi connectivity index (χ2v) is 6.58. The maximum Gasteiger partial charge on any atom is 0.161 e. The van der Waals surface area contributed by atoms with Crippen LogP contribution in [0.5, 0.6) is 5.75 Å². The Hall–Kier alpha value is -2.10. The molecule has 4 heteroatoms. The monoisotopic (exact) mass is 327 g/mol. The van der Waals surface area contributed by atoms with Gasteiger partial charge in [0.15, 0.2) is 5.82 Å². The molecule has 0 aliphatic carbocycles. The van der Waals surface area contributed by atoms with E-state index in [1.165, 1.54) is 19.3 Å². The predicted molar refractivity (Wildman–Crippen MR) is 101 cm³/mol. The summed E-state index contributed by atoms with van der Waals surface area (Å²) < 4.78 is 0. The molecule has 1 aromatic carbocycles. The average molecular weight is 327 g/mol. The molecule has 2 rings (SSSR count). The minimum atomic E-state index is 0.287. The molecule has 24 heavy (non-hydrogen) atoms. The van der Waals surface area contributed by atoms with E-state index in [1.54, 1.807) is 6.20 Å². The molecular weight excluding hydrogens is 298 g/mol. The van der Waals surface area contributed by atoms with Crippen molar-refractivity contribution in [1.29, 1.82) is 0 Å². The number of aromatic hydroxyl groups is 1. The molecule has 0 unspecified atom stereocenters. The van der Waals surface area contributed by atoms with Crippen molar-refractivity contribution in [3.8, 4) is 17.1 Å². The van der Waals surface area contributed by atoms with Gasteiger partial charge in [0.1, 0.15) is 11.6 Å². The van der Waals surface area contributed by atoms with Crippen LogP contribution in [0.25, 0.3) is 11.4 Å². The maximum absolute atomic E-state index is 10.4. The largest absolute Gasteiger partial charge is 0.507 e. The van der Waals surface area contributed by atoms with Crippen molar-refractivity contribution in [3.05, 3.63) is 35.5 Å². The topological polar surface area (TPSA) is 58.0 Å². The number of hydrogen-bond donors (Lipinski definition) is 2. The van der Waals surface area contributed by atoms with E-state index < -0.39 is 0 Å². The van der Waals surface area contributed by atoms with Crippen LogP contribution in [0.4, 0.5) is 5.82 Å². The fraction of sp³-hybridized carbons (Fsp3) is 0.500. The predicted octanol–water partition coefficient (Wildman–Crippen LogP) is 5.27. The molecule has 130 valence electrons. The molecular formula is C20H29N3O. The van der Waals surface area contributed by atoms with Gasteiger partial charge in [0, 0.05) is 23.9 Å². The number of rotatable bonds is 8. The van der Waals surface area contributed by atoms with Crippen molar-refractivity contribution in [2.75, 3.05) is 11.9 Å². The quantitative estimate of drug-likeness (QED) is 0.648. The van der Waals surface area contributed by atoms with Crippen molar-refractivity contribution < 1.29 is 5.11 Å². The first-order valence-corrected chi connectivity index (χ1v) is 8.94. The summed E-state index contributed by atoms with van der Waals surface area (Å²) in [5.41, 5.74) is 2.68. The summed E-state index contributed by atoms with van der Waals surface area (Å²) in [6.07, 6.45) is 6.68. The van der Waals surface area contributed by atoms with Gasteiger partial charge in [-0.1, -0.05) is 52.2 Å². The lowest BCUT2D eigenvalue weighted by Gasteiger charge is -2.14. The van der Waals surface area contributed by atoms with Gasteiger partial charge in [0.25, 0.3) is 0 Å². The van der Waals surface area contributed by atoms with Crippen LogP contribution in [-0.4, -0.2) is 21.6 Å². The molecule has 0 radical (unpaired) electrons. The molecule has 2 aromatic rings. The summed E-state index contributed by atoms with van der Waals surface area (Å²) in [5, 5.41) is 13.8. The van der Waals surface area contributed by atoms with E-state index in [2.05, 4.69) is 36.1 Å². The third-order valence-corrected chi connectivity index (χ3v) is 4.32. The molecule has 0 aliphatic rings. The molecule has 4 nitrogen and oxygen atoms in total. The Kier molecular flexibility index (Phi) is 6.59. The minimum Gasteiger partial charge on any atom is -0.507 e. The lowest BCUT2D eigenvalue weighted by molar-refractivity contribution is 0.461. The van der Waals surface area contributed by atoms with Crippen molar-refractivity contribution in [3.63, 3.8) is 0 Å². The highest BCUT2D eigenvalue weighted by atomic mass is 16.3. The second-order valence-electron chi connectivity index (χ2n) is 6.58. The highest BCUT2D eigenvalue weighted by Crippen LogP contribution is 2.34. The number of hydrogen-bond acceptors (Lipinski definition) is 4. The van der Waals surface area contributed by atoms with Gasteiger partial charge in [0.05, 0.1) is 0 Å². The zero-order valence-corrected chi connectivity index (χ0v) is 15.3. The summed E-state index contributed by atoms with van der Waals surface area (Å²) in [5.74, 6) is 2.12. The van der Waals surface area contributed by atoms with E-state index in [4.69, 9.17) is 0 Å². The smallest absolute Gasteiger partial charge is 0.161 e. The van der Waals surface area contributed by atoms with Crippen molar-refractivity contribution in [1.82, 2.24) is 9.97 Å². The van der Waals surface area contributed by atoms with Crippen LogP contribution in [0.2, 0.25) is 0 Å². The summed E-state index contributed by atoms with van der Waals surface area (Å²) in [7, 11) is 0. The van der Waals surface area contributed by atoms with Crippen LogP contribution in [-0.2, 0) is 0 Å². The number of phenolic OH excluding ortho intramolecular Hbond substituents is 1. The Bertz CT molecular complexity index is 668. The van der Waals surface area contributed by atoms with Gasteiger partial charge < -0.3 is 10.4 Å². The van der Waals surface area contributed by atoms with Crippen LogP contribution in [0.15, 0.2) is 24.4 Å². The first-order chi connectivity index (χ1) is 11.5. The van der Waals surface area contributed by atoms with E-state index in [-0.39, 0.29) is 5.92 Å². The van der Waals surface area contributed by atoms with E-state index in [0.717, 1.165) is 35.5 Å². The van der Waals surface area contributed by atoms with Crippen molar-refractivity contribution in [2.45, 2.75) is 59.3 Å². The molecule has 0 saturated heterocycles. The highest BCUT2D eigenvalue weighted by molar-refractivity contribution is 5.66. The van der Waals surface area contributed by atoms with Crippen molar-refractivity contribution in [2.24, 2.45) is 0 Å². The third kappa shape index (κ3) is 4.47. The van der Waals surface area contributed by atoms with Crippen LogP contribution in [0, 0.1) is 6.92 Å². The number of anilines is 1. The summed E-state index contributed by atoms with van der Waals surface area (Å²) >= 11 is 0. The van der Waals surface area contributed by atoms with Gasteiger partial charge in [-0.15, -0.1) is 0 Å². The Balaban J connectivity index is 2.15. The average Bonchev–Trinajstić information content (AvgIpc) is 2.57. The zero-order chi connectivity index (χ0) is 17.5. The van der Waals surface area contributed by atoms with E-state index >= 15 is 0 Å². The highest BCUT2D eigenvalue weighted by Gasteiger charge is 2.14. The van der Waals surface area contributed by atoms with Crippen LogP contribution in [0.3, 0.4) is 0 Å². The van der Waals surface area contributed by atoms with Gasteiger partial charge in [-0.25, -0.2) is 9.97 Å². The number of aromatic nitrogens is 2. The Morgan fingerprint density at radius 3 is 2.62 bits per heavy atom. The van der Waals surface area contributed by atoms with Gasteiger partial charge in [-0.3, -0.25) is 0 Å². The fourth-order valence-electron chi connectivity index (χ4n) is 2.78. The standard InChI is InChI=1S/C20H29N3O/c1-5-6-7-8-12-21-18-11-13-22-20(23-18)17-10-9-16(14(2)3)19(24)15(17)4/h9-11,13-14,24H,5-8,12H2,1-4H3,(H,21,22,23). The first kappa shape index (κ1) is 18.2. The maximum atomic E-state index is 10.4. The van der Waals surface area contributed by atoms with Gasteiger partial charge in [-0.05, 0) is 30.9 Å². The molecule has 2 N–H and O–H groups in total. The van der Waals surface area contributed by atoms with Gasteiger partial charge >= 0.3 is 0 Å². The van der Waals surface area contributed by atoms with Crippen molar-refractivity contribution >= 4 is 5.82 Å². The van der Waals surface area contributed by atoms with Crippen LogP contribution >= 0.6 is 0 Å². The molecule has 0 saturated carbocycles. The lowest BCUT2D eigenvalue weighted by atomic mass is 9.96. The molecule has 1 heterocycles. The van der Waals surface area contributed by atoms with E-state index in [9.17, 15) is 5.11 Å². The Morgan fingerprint density at radius 2 is 1.92 bits per heavy atom. The number of phenols is 1. The SMILES string of the molecule is CCCCCCNc1ccnc(-c2ccc(C(C)C)c(O)c2C)n1. The van der Waals surface area contributed by atoms with Crippen LogP contribution in [0.1, 0.15) is 63.5 Å². The normalized spacial score (nSPS) is 11.0. The fourth-order valence-corrected chi connectivity index (χ4v) is 2.78. The molecule has 0 amide bonds. The minimum absolute atomic E-state index is 0.287. The van der Waals surface area contributed by atoms with Crippen LogP contribution < -0.4 is 5.32 Å². The van der Waals surface area contributed by atoms with E-state index in [0.29, 0.717) is 11.6 Å². The Labute approximate surface area is 145 Å². The molecule has 0 spiro atoms. The van der Waals surface area contributed by atoms with Gasteiger partial charge in [0.2, 0.25) is 0 Å². The number of nitrogens with zero attached hydrogens (tertiary/aromatic N) is 2. The number of nitrogens with one attached hydrogen (secondary N) is 1. The molecule has 0 fully saturated rings. The zero-order valence-electron chi connectivity index (χ0n) is 15.3. The first-order valence-electron chi connectivity index (χ1n) is 8.94. The summed E-state index contributed by atoms with van der Waals surface area (Å²) in [6.45, 7) is 9.21. The van der Waals surface area contributed by atoms with E-state index in [1.807, 2.05) is 25.1 Å². The number of unbranched alkanes of at least 4 members (excludes halogenated alkanes) is 3. The third-order valence-electron chi connectivity index (χ3n) is 4.32. The molecule has 0 bridgehead atoms. The Morgan fingerprint density at radius 1 is 1.12 bits per heavy atom. The lowest BCUT2D eigenvalue weighted by Crippen LogP contribution is -2.04. The molecule has 0 atom stereocenters. The second kappa shape index (κ2) is 8.67. The molecule has 1 aromatic heterocycles. The molecule has 0 aliphatic heterocycles. The summed E-state index contributed by atoms with van der Waals surface area (Å²) in [6, 6.07) is 5.86. The number of benzene rings is 1.